The van der Waals surface area contributed by atoms with Crippen LogP contribution in [0.3, 0.4) is 0 Å². The van der Waals surface area contributed by atoms with Gasteiger partial charge in [0.05, 0.1) is 19.2 Å². The summed E-state index contributed by atoms with van der Waals surface area (Å²) in [4.78, 5) is 11.9. The zero-order valence-corrected chi connectivity index (χ0v) is 14.7. The van der Waals surface area contributed by atoms with Gasteiger partial charge in [0.15, 0.2) is 11.6 Å². The van der Waals surface area contributed by atoms with Crippen LogP contribution in [0.1, 0.15) is 25.5 Å². The first-order valence-electron chi connectivity index (χ1n) is 8.34. The van der Waals surface area contributed by atoms with E-state index in [4.69, 9.17) is 9.47 Å². The molecule has 140 valence electrons. The number of rotatable bonds is 8. The number of ether oxygens (including phenoxy) is 2. The molecule has 0 radical (unpaired) electrons. The summed E-state index contributed by atoms with van der Waals surface area (Å²) >= 11 is 0. The largest absolute Gasteiger partial charge is 0.494 e. The van der Waals surface area contributed by atoms with Crippen molar-refractivity contribution in [2.24, 2.45) is 0 Å². The fraction of sp³-hybridized carbons (Fsp3) is 0.316. The maximum Gasteiger partial charge on any atom is 0.315 e. The number of amides is 2. The maximum absolute atomic E-state index is 13.1. The number of benzene rings is 2. The zero-order chi connectivity index (χ0) is 18.9. The summed E-state index contributed by atoms with van der Waals surface area (Å²) in [6.45, 7) is 4.69. The molecule has 0 aliphatic heterocycles. The van der Waals surface area contributed by atoms with Crippen LogP contribution in [0.15, 0.2) is 42.5 Å². The Bertz CT molecular complexity index is 740. The normalized spacial score (nSPS) is 11.5. The highest BCUT2D eigenvalue weighted by atomic mass is 19.2. The van der Waals surface area contributed by atoms with E-state index < -0.39 is 11.6 Å². The van der Waals surface area contributed by atoms with Gasteiger partial charge in [-0.1, -0.05) is 12.1 Å². The Kier molecular flexibility index (Phi) is 7.20. The molecule has 0 aromatic heterocycles. The third kappa shape index (κ3) is 5.91. The Labute approximate surface area is 151 Å². The van der Waals surface area contributed by atoms with E-state index >= 15 is 0 Å². The van der Waals surface area contributed by atoms with E-state index in [1.165, 1.54) is 6.07 Å². The van der Waals surface area contributed by atoms with Gasteiger partial charge in [-0.3, -0.25) is 0 Å². The van der Waals surface area contributed by atoms with Crippen LogP contribution in [-0.4, -0.2) is 25.8 Å². The second-order valence-corrected chi connectivity index (χ2v) is 5.55. The van der Waals surface area contributed by atoms with Gasteiger partial charge in [0.1, 0.15) is 18.1 Å². The topological polar surface area (TPSA) is 59.6 Å². The minimum absolute atomic E-state index is 0.132. The molecule has 1 unspecified atom stereocenters. The number of hydrogen-bond donors (Lipinski definition) is 2. The van der Waals surface area contributed by atoms with Crippen LogP contribution in [-0.2, 0) is 0 Å². The number of nitrogens with one attached hydrogen (secondary N) is 2. The SMILES string of the molecule is CCOc1cccc(C(C)NC(=O)NCCOc2ccc(F)c(F)c2)c1. The standard InChI is InChI=1S/C19H22F2N2O3/c1-3-25-15-6-4-5-14(11-15)13(2)23-19(24)22-9-10-26-16-7-8-17(20)18(21)12-16/h4-8,11-13H,3,9-10H2,1-2H3,(H2,22,23,24). The second kappa shape index (κ2) is 9.60. The zero-order valence-electron chi connectivity index (χ0n) is 14.7. The highest BCUT2D eigenvalue weighted by Gasteiger charge is 2.10. The van der Waals surface area contributed by atoms with Crippen LogP contribution in [0.4, 0.5) is 13.6 Å². The Hall–Kier alpha value is -2.83. The molecule has 0 heterocycles. The Morgan fingerprint density at radius 1 is 1.08 bits per heavy atom. The minimum atomic E-state index is -0.976. The van der Waals surface area contributed by atoms with Crippen molar-refractivity contribution in [3.05, 3.63) is 59.7 Å². The molecule has 2 amide bonds. The fourth-order valence-electron chi connectivity index (χ4n) is 2.27. The van der Waals surface area contributed by atoms with Crippen molar-refractivity contribution in [2.45, 2.75) is 19.9 Å². The van der Waals surface area contributed by atoms with Crippen LogP contribution >= 0.6 is 0 Å². The molecule has 2 N–H and O–H groups in total. The number of carbonyl (C=O) groups excluding carboxylic acids is 1. The Morgan fingerprint density at radius 2 is 1.85 bits per heavy atom. The van der Waals surface area contributed by atoms with Gasteiger partial charge in [0.2, 0.25) is 0 Å². The predicted octanol–water partition coefficient (Wildman–Crippen LogP) is 3.80. The first kappa shape index (κ1) is 19.5. The second-order valence-electron chi connectivity index (χ2n) is 5.55. The summed E-state index contributed by atoms with van der Waals surface area (Å²) < 4.78 is 36.6. The minimum Gasteiger partial charge on any atom is -0.494 e. The van der Waals surface area contributed by atoms with Crippen LogP contribution in [0.2, 0.25) is 0 Å². The van der Waals surface area contributed by atoms with Gasteiger partial charge in [-0.15, -0.1) is 0 Å². The lowest BCUT2D eigenvalue weighted by molar-refractivity contribution is 0.233. The molecule has 0 aliphatic rings. The van der Waals surface area contributed by atoms with E-state index in [1.54, 1.807) is 0 Å². The molecule has 0 saturated heterocycles. The molecule has 2 aromatic rings. The van der Waals surface area contributed by atoms with E-state index in [1.807, 2.05) is 38.1 Å². The molecule has 0 saturated carbocycles. The molecule has 2 aromatic carbocycles. The third-order valence-electron chi connectivity index (χ3n) is 3.56. The van der Waals surface area contributed by atoms with Crippen LogP contribution in [0, 0.1) is 11.6 Å². The Balaban J connectivity index is 1.74. The first-order valence-corrected chi connectivity index (χ1v) is 8.34. The van der Waals surface area contributed by atoms with Gasteiger partial charge < -0.3 is 20.1 Å². The van der Waals surface area contributed by atoms with Gasteiger partial charge in [0, 0.05) is 6.07 Å². The summed E-state index contributed by atoms with van der Waals surface area (Å²) in [5.74, 6) is -0.959. The summed E-state index contributed by atoms with van der Waals surface area (Å²) in [6, 6.07) is 10.2. The molecule has 0 fully saturated rings. The van der Waals surface area contributed by atoms with Crippen LogP contribution in [0.25, 0.3) is 0 Å². The lowest BCUT2D eigenvalue weighted by Gasteiger charge is -2.16. The summed E-state index contributed by atoms with van der Waals surface area (Å²) in [5, 5.41) is 5.46. The van der Waals surface area contributed by atoms with Crippen molar-refractivity contribution in [3.8, 4) is 11.5 Å². The molecular formula is C19H22F2N2O3. The lowest BCUT2D eigenvalue weighted by atomic mass is 10.1. The molecule has 2 rings (SSSR count). The van der Waals surface area contributed by atoms with Crippen LogP contribution < -0.4 is 20.1 Å². The summed E-state index contributed by atoms with van der Waals surface area (Å²) in [7, 11) is 0. The number of hydrogen-bond acceptors (Lipinski definition) is 3. The van der Waals surface area contributed by atoms with E-state index in [2.05, 4.69) is 10.6 Å². The van der Waals surface area contributed by atoms with E-state index in [9.17, 15) is 13.6 Å². The average Bonchev–Trinajstić information content (AvgIpc) is 2.62. The van der Waals surface area contributed by atoms with Crippen molar-refractivity contribution in [1.29, 1.82) is 0 Å². The van der Waals surface area contributed by atoms with Gasteiger partial charge in [-0.25, -0.2) is 13.6 Å². The predicted molar refractivity (Wildman–Crippen MR) is 94.4 cm³/mol. The summed E-state index contributed by atoms with van der Waals surface area (Å²) in [6.07, 6.45) is 0. The average molecular weight is 364 g/mol. The van der Waals surface area contributed by atoms with Gasteiger partial charge in [-0.05, 0) is 43.7 Å². The summed E-state index contributed by atoms with van der Waals surface area (Å²) in [5.41, 5.74) is 0.920. The molecule has 1 atom stereocenters. The van der Waals surface area contributed by atoms with Crippen molar-refractivity contribution < 1.29 is 23.0 Å². The van der Waals surface area contributed by atoms with E-state index in [-0.39, 0.29) is 31.0 Å². The number of halogens is 2. The first-order chi connectivity index (χ1) is 12.5. The van der Waals surface area contributed by atoms with Gasteiger partial charge in [-0.2, -0.15) is 0 Å². The molecule has 0 spiro atoms. The van der Waals surface area contributed by atoms with Crippen LogP contribution in [0.5, 0.6) is 11.5 Å². The molecule has 0 aliphatic carbocycles. The monoisotopic (exact) mass is 364 g/mol. The van der Waals surface area contributed by atoms with Gasteiger partial charge in [0.25, 0.3) is 0 Å². The number of urea groups is 1. The fourth-order valence-corrected chi connectivity index (χ4v) is 2.27. The third-order valence-corrected chi connectivity index (χ3v) is 3.56. The Morgan fingerprint density at radius 3 is 2.58 bits per heavy atom. The van der Waals surface area contributed by atoms with Crippen molar-refractivity contribution in [1.82, 2.24) is 10.6 Å². The number of carbonyl (C=O) groups is 1. The lowest BCUT2D eigenvalue weighted by Crippen LogP contribution is -2.39. The highest BCUT2D eigenvalue weighted by Crippen LogP contribution is 2.19. The van der Waals surface area contributed by atoms with Crippen molar-refractivity contribution >= 4 is 6.03 Å². The van der Waals surface area contributed by atoms with Crippen molar-refractivity contribution in [3.63, 3.8) is 0 Å². The molecule has 26 heavy (non-hydrogen) atoms. The smallest absolute Gasteiger partial charge is 0.315 e. The highest BCUT2D eigenvalue weighted by molar-refractivity contribution is 5.74. The molecule has 5 nitrogen and oxygen atoms in total. The van der Waals surface area contributed by atoms with E-state index in [0.717, 1.165) is 23.4 Å². The van der Waals surface area contributed by atoms with Crippen molar-refractivity contribution in [2.75, 3.05) is 19.8 Å². The van der Waals surface area contributed by atoms with Gasteiger partial charge >= 0.3 is 6.03 Å². The molecular weight excluding hydrogens is 342 g/mol. The quantitative estimate of drug-likeness (QED) is 0.701. The maximum atomic E-state index is 13.1. The molecule has 0 bridgehead atoms. The molecule has 7 heteroatoms. The van der Waals surface area contributed by atoms with E-state index in [0.29, 0.717) is 6.61 Å².